The Bertz CT molecular complexity index is 1350. The summed E-state index contributed by atoms with van der Waals surface area (Å²) in [6, 6.07) is 11.0. The smallest absolute Gasteiger partial charge is 0.139 e. The van der Waals surface area contributed by atoms with E-state index in [-0.39, 0.29) is 0 Å². The fraction of sp³-hybridized carbons (Fsp3) is 0.0455. The Hall–Kier alpha value is -3.29. The van der Waals surface area contributed by atoms with Gasteiger partial charge in [-0.3, -0.25) is 9.97 Å². The van der Waals surface area contributed by atoms with E-state index in [9.17, 15) is 5.26 Å². The molecule has 4 rings (SSSR count). The number of rotatable bonds is 3. The van der Waals surface area contributed by atoms with Gasteiger partial charge < -0.3 is 10.1 Å². The van der Waals surface area contributed by atoms with E-state index >= 15 is 0 Å². The Morgan fingerprint density at radius 3 is 2.63 bits per heavy atom. The van der Waals surface area contributed by atoms with Crippen molar-refractivity contribution in [3.63, 3.8) is 0 Å². The summed E-state index contributed by atoms with van der Waals surface area (Å²) in [5.41, 5.74) is 3.17. The molecule has 146 valence electrons. The minimum absolute atomic E-state index is 0.392. The molecule has 0 fully saturated rings. The summed E-state index contributed by atoms with van der Waals surface area (Å²) in [7, 11) is 1.53. The van der Waals surface area contributed by atoms with Gasteiger partial charge in [-0.2, -0.15) is 5.26 Å². The summed E-state index contributed by atoms with van der Waals surface area (Å²) in [5, 5.41) is 13.6. The number of thiophene rings is 1. The Morgan fingerprint density at radius 1 is 1.10 bits per heavy atom. The average molecular weight is 451 g/mol. The number of hydrogen-bond donors (Lipinski definition) is 1. The maximum Gasteiger partial charge on any atom is 0.139 e. The molecule has 0 amide bonds. The van der Waals surface area contributed by atoms with Crippen LogP contribution in [0, 0.1) is 23.2 Å². The minimum atomic E-state index is 0.392. The van der Waals surface area contributed by atoms with Gasteiger partial charge in [0.2, 0.25) is 0 Å². The van der Waals surface area contributed by atoms with E-state index in [1.807, 2.05) is 18.2 Å². The first-order valence-electron chi connectivity index (χ1n) is 8.64. The van der Waals surface area contributed by atoms with Gasteiger partial charge in [-0.25, -0.2) is 0 Å². The predicted octanol–water partition coefficient (Wildman–Crippen LogP) is 6.02. The van der Waals surface area contributed by atoms with Crippen LogP contribution in [0.4, 0.5) is 11.4 Å². The number of pyridine rings is 2. The van der Waals surface area contributed by atoms with Gasteiger partial charge in [0.1, 0.15) is 11.8 Å². The highest BCUT2D eigenvalue weighted by atomic mass is 35.5. The van der Waals surface area contributed by atoms with Crippen LogP contribution in [0.15, 0.2) is 48.9 Å². The molecular formula is C22H12Cl2N4OS. The third-order valence-electron chi connectivity index (χ3n) is 4.17. The molecular weight excluding hydrogens is 439 g/mol. The molecule has 1 N–H and O–H groups in total. The van der Waals surface area contributed by atoms with Crippen LogP contribution in [0.1, 0.15) is 16.0 Å². The van der Waals surface area contributed by atoms with Crippen molar-refractivity contribution in [1.29, 1.82) is 5.26 Å². The number of nitrogens with one attached hydrogen (secondary N) is 1. The van der Waals surface area contributed by atoms with E-state index in [4.69, 9.17) is 27.9 Å². The molecule has 30 heavy (non-hydrogen) atoms. The highest BCUT2D eigenvalue weighted by Gasteiger charge is 2.15. The van der Waals surface area contributed by atoms with Gasteiger partial charge in [0.05, 0.1) is 49.2 Å². The Labute approximate surface area is 186 Å². The second-order valence-electron chi connectivity index (χ2n) is 6.06. The zero-order chi connectivity index (χ0) is 21.1. The van der Waals surface area contributed by atoms with Crippen LogP contribution in [0.5, 0.6) is 5.75 Å². The van der Waals surface area contributed by atoms with Crippen LogP contribution in [0.3, 0.4) is 0 Å². The molecule has 3 heterocycles. The highest BCUT2D eigenvalue weighted by molar-refractivity contribution is 7.20. The molecule has 0 bridgehead atoms. The molecule has 0 saturated heterocycles. The van der Waals surface area contributed by atoms with E-state index in [0.717, 1.165) is 20.7 Å². The lowest BCUT2D eigenvalue weighted by atomic mass is 10.2. The number of fused-ring (bicyclic) bond motifs is 1. The maximum absolute atomic E-state index is 9.59. The molecule has 3 aromatic heterocycles. The van der Waals surface area contributed by atoms with Crippen molar-refractivity contribution < 1.29 is 4.74 Å². The third kappa shape index (κ3) is 4.03. The number of ether oxygens (including phenoxy) is 1. The quantitative estimate of drug-likeness (QED) is 0.386. The van der Waals surface area contributed by atoms with Crippen molar-refractivity contribution in [3.8, 4) is 23.7 Å². The largest absolute Gasteiger partial charge is 0.495 e. The summed E-state index contributed by atoms with van der Waals surface area (Å²) in [5.74, 6) is 6.72. The summed E-state index contributed by atoms with van der Waals surface area (Å²) < 4.78 is 6.08. The number of aromatic nitrogens is 2. The number of methoxy groups -OCH3 is 1. The SMILES string of the molecule is COc1cc(Nc2c(C#N)cnc3cc(C#Cc4ccncc4)sc23)c(Cl)cc1Cl. The molecule has 0 aliphatic rings. The first kappa shape index (κ1) is 20.0. The van der Waals surface area contributed by atoms with Crippen molar-refractivity contribution in [2.24, 2.45) is 0 Å². The molecule has 8 heteroatoms. The highest BCUT2D eigenvalue weighted by Crippen LogP contribution is 2.39. The van der Waals surface area contributed by atoms with E-state index < -0.39 is 0 Å². The van der Waals surface area contributed by atoms with Gasteiger partial charge in [0, 0.05) is 30.2 Å². The van der Waals surface area contributed by atoms with Crippen molar-refractivity contribution in [2.45, 2.75) is 0 Å². The van der Waals surface area contributed by atoms with Crippen molar-refractivity contribution in [2.75, 3.05) is 12.4 Å². The minimum Gasteiger partial charge on any atom is -0.495 e. The first-order chi connectivity index (χ1) is 14.6. The van der Waals surface area contributed by atoms with E-state index in [0.29, 0.717) is 32.7 Å². The van der Waals surface area contributed by atoms with E-state index in [1.54, 1.807) is 24.5 Å². The molecule has 1 aromatic carbocycles. The van der Waals surface area contributed by atoms with Crippen LogP contribution < -0.4 is 10.1 Å². The topological polar surface area (TPSA) is 70.8 Å². The number of nitriles is 1. The predicted molar refractivity (Wildman–Crippen MR) is 121 cm³/mol. The van der Waals surface area contributed by atoms with Crippen molar-refractivity contribution in [3.05, 3.63) is 75.0 Å². The summed E-state index contributed by atoms with van der Waals surface area (Å²) >= 11 is 13.9. The third-order valence-corrected chi connectivity index (χ3v) is 5.84. The summed E-state index contributed by atoms with van der Waals surface area (Å²) in [4.78, 5) is 9.21. The molecule has 0 aliphatic carbocycles. The standard InChI is InChI=1S/C22H12Cl2N4OS/c1-29-20-10-18(16(23)9-17(20)24)28-21-14(11-25)12-27-19-8-15(30-22(19)21)3-2-13-4-6-26-7-5-13/h4-10,12H,1H3,(H,27,28). The molecule has 5 nitrogen and oxygen atoms in total. The average Bonchev–Trinajstić information content (AvgIpc) is 3.18. The molecule has 0 spiro atoms. The summed E-state index contributed by atoms with van der Waals surface area (Å²) in [6.07, 6.45) is 4.92. The number of anilines is 2. The lowest BCUT2D eigenvalue weighted by Crippen LogP contribution is -1.97. The van der Waals surface area contributed by atoms with Crippen LogP contribution in [-0.4, -0.2) is 17.1 Å². The zero-order valence-corrected chi connectivity index (χ0v) is 17.9. The normalized spacial score (nSPS) is 10.2. The fourth-order valence-electron chi connectivity index (χ4n) is 2.73. The van der Waals surface area contributed by atoms with Crippen molar-refractivity contribution >= 4 is 56.1 Å². The van der Waals surface area contributed by atoms with Gasteiger partial charge in [0.25, 0.3) is 0 Å². The lowest BCUT2D eigenvalue weighted by Gasteiger charge is -2.13. The Kier molecular flexibility index (Phi) is 5.74. The Morgan fingerprint density at radius 2 is 1.90 bits per heavy atom. The second-order valence-corrected chi connectivity index (χ2v) is 7.93. The van der Waals surface area contributed by atoms with Gasteiger partial charge in [-0.1, -0.05) is 35.0 Å². The lowest BCUT2D eigenvalue weighted by molar-refractivity contribution is 0.415. The van der Waals surface area contributed by atoms with E-state index in [1.165, 1.54) is 24.6 Å². The molecule has 0 radical (unpaired) electrons. The molecule has 0 aliphatic heterocycles. The van der Waals surface area contributed by atoms with Gasteiger partial charge in [-0.05, 0) is 24.3 Å². The molecule has 4 aromatic rings. The number of hydrogen-bond acceptors (Lipinski definition) is 6. The molecule has 0 saturated carbocycles. The second kappa shape index (κ2) is 8.61. The van der Waals surface area contributed by atoms with Crippen molar-refractivity contribution in [1.82, 2.24) is 9.97 Å². The Balaban J connectivity index is 1.79. The monoisotopic (exact) mass is 450 g/mol. The summed E-state index contributed by atoms with van der Waals surface area (Å²) in [6.45, 7) is 0. The maximum atomic E-state index is 9.59. The molecule has 0 unspecified atom stereocenters. The van der Waals surface area contributed by atoms with Crippen LogP contribution >= 0.6 is 34.5 Å². The van der Waals surface area contributed by atoms with Gasteiger partial charge in [0.15, 0.2) is 0 Å². The van der Waals surface area contributed by atoms with Crippen LogP contribution in [0.2, 0.25) is 10.0 Å². The number of nitrogens with zero attached hydrogens (tertiary/aromatic N) is 3. The first-order valence-corrected chi connectivity index (χ1v) is 10.2. The molecule has 0 atom stereocenters. The van der Waals surface area contributed by atoms with E-state index in [2.05, 4.69) is 33.2 Å². The van der Waals surface area contributed by atoms with Crippen LogP contribution in [-0.2, 0) is 0 Å². The van der Waals surface area contributed by atoms with Gasteiger partial charge in [-0.15, -0.1) is 11.3 Å². The zero-order valence-electron chi connectivity index (χ0n) is 15.5. The van der Waals surface area contributed by atoms with Gasteiger partial charge >= 0.3 is 0 Å². The fourth-order valence-corrected chi connectivity index (χ4v) is 4.21. The number of halogens is 2. The van der Waals surface area contributed by atoms with Crippen LogP contribution in [0.25, 0.3) is 10.2 Å². The number of benzene rings is 1.